The van der Waals surface area contributed by atoms with Crippen molar-refractivity contribution in [1.82, 2.24) is 19.7 Å². The lowest BCUT2D eigenvalue weighted by molar-refractivity contribution is 0.0951. The van der Waals surface area contributed by atoms with Crippen molar-refractivity contribution in [2.75, 3.05) is 5.73 Å². The maximum absolute atomic E-state index is 12.2. The standard InChI is InChI=1S/C22H19N5O/c23-20-21-24-12-19(27(21)13-18(26-20)14-4-2-1-3-5-14)15-6-8-16(9-7-15)22(28)25-17-10-11-17/h1-9,12-13,17H,10-11H2,(H2,23,26)(H,25,28). The van der Waals surface area contributed by atoms with Gasteiger partial charge < -0.3 is 11.1 Å². The van der Waals surface area contributed by atoms with Gasteiger partial charge in [0.05, 0.1) is 17.6 Å². The van der Waals surface area contributed by atoms with Crippen LogP contribution in [0.2, 0.25) is 0 Å². The number of nitrogens with zero attached hydrogens (tertiary/aromatic N) is 3. The number of rotatable bonds is 4. The monoisotopic (exact) mass is 369 g/mol. The summed E-state index contributed by atoms with van der Waals surface area (Å²) in [5.41, 5.74) is 11.1. The third kappa shape index (κ3) is 2.99. The molecule has 6 nitrogen and oxygen atoms in total. The van der Waals surface area contributed by atoms with E-state index < -0.39 is 0 Å². The molecule has 2 aromatic heterocycles. The minimum Gasteiger partial charge on any atom is -0.381 e. The molecule has 1 aliphatic carbocycles. The maximum atomic E-state index is 12.2. The van der Waals surface area contributed by atoms with Crippen LogP contribution in [0.25, 0.3) is 28.2 Å². The number of carbonyl (C=O) groups is 1. The van der Waals surface area contributed by atoms with Gasteiger partial charge in [-0.25, -0.2) is 9.97 Å². The molecule has 4 aromatic rings. The molecule has 1 saturated carbocycles. The first-order valence-corrected chi connectivity index (χ1v) is 9.29. The molecule has 0 bridgehead atoms. The van der Waals surface area contributed by atoms with Crippen LogP contribution < -0.4 is 11.1 Å². The van der Waals surface area contributed by atoms with Crippen molar-refractivity contribution in [2.45, 2.75) is 18.9 Å². The van der Waals surface area contributed by atoms with Crippen LogP contribution >= 0.6 is 0 Å². The molecule has 2 heterocycles. The van der Waals surface area contributed by atoms with Gasteiger partial charge in [-0.05, 0) is 25.0 Å². The van der Waals surface area contributed by atoms with E-state index in [0.717, 1.165) is 35.4 Å². The molecule has 0 spiro atoms. The summed E-state index contributed by atoms with van der Waals surface area (Å²) in [6.07, 6.45) is 5.87. The molecule has 0 unspecified atom stereocenters. The van der Waals surface area contributed by atoms with Crippen molar-refractivity contribution in [3.05, 3.63) is 72.6 Å². The highest BCUT2D eigenvalue weighted by atomic mass is 16.1. The van der Waals surface area contributed by atoms with Crippen molar-refractivity contribution in [3.8, 4) is 22.5 Å². The Labute approximate surface area is 162 Å². The molecule has 0 saturated heterocycles. The van der Waals surface area contributed by atoms with Crippen LogP contribution in [0.15, 0.2) is 67.0 Å². The van der Waals surface area contributed by atoms with E-state index in [9.17, 15) is 4.79 Å². The van der Waals surface area contributed by atoms with Gasteiger partial charge >= 0.3 is 0 Å². The highest BCUT2D eigenvalue weighted by Crippen LogP contribution is 2.27. The van der Waals surface area contributed by atoms with Gasteiger partial charge in [0.2, 0.25) is 0 Å². The highest BCUT2D eigenvalue weighted by Gasteiger charge is 2.23. The normalized spacial score (nSPS) is 13.6. The Hall–Kier alpha value is -3.67. The number of imidazole rings is 1. The van der Waals surface area contributed by atoms with Gasteiger partial charge in [-0.15, -0.1) is 0 Å². The van der Waals surface area contributed by atoms with Crippen LogP contribution in [0.5, 0.6) is 0 Å². The lowest BCUT2D eigenvalue weighted by atomic mass is 10.1. The van der Waals surface area contributed by atoms with Gasteiger partial charge in [-0.3, -0.25) is 9.20 Å². The molecule has 2 aromatic carbocycles. The number of aromatic nitrogens is 3. The van der Waals surface area contributed by atoms with Gasteiger partial charge in [0.15, 0.2) is 11.5 Å². The molecule has 0 radical (unpaired) electrons. The number of benzene rings is 2. The minimum absolute atomic E-state index is 0.0213. The first-order chi connectivity index (χ1) is 13.7. The maximum Gasteiger partial charge on any atom is 0.251 e. The smallest absolute Gasteiger partial charge is 0.251 e. The quantitative estimate of drug-likeness (QED) is 0.576. The zero-order valence-electron chi connectivity index (χ0n) is 15.2. The number of nitrogen functional groups attached to an aromatic ring is 1. The Bertz CT molecular complexity index is 1160. The third-order valence-corrected chi connectivity index (χ3v) is 4.94. The van der Waals surface area contributed by atoms with Crippen molar-refractivity contribution in [2.24, 2.45) is 0 Å². The summed E-state index contributed by atoms with van der Waals surface area (Å²) < 4.78 is 1.95. The Kier molecular flexibility index (Phi) is 3.83. The summed E-state index contributed by atoms with van der Waals surface area (Å²) in [6.45, 7) is 0. The predicted molar refractivity (Wildman–Crippen MR) is 109 cm³/mol. The number of nitrogens with two attached hydrogens (primary N) is 1. The second kappa shape index (κ2) is 6.49. The van der Waals surface area contributed by atoms with E-state index in [1.807, 2.05) is 65.2 Å². The average molecular weight is 369 g/mol. The van der Waals surface area contributed by atoms with Gasteiger partial charge in [0.25, 0.3) is 5.91 Å². The molecular formula is C22H19N5O. The lowest BCUT2D eigenvalue weighted by Gasteiger charge is -2.08. The number of nitrogens with one attached hydrogen (secondary N) is 1. The topological polar surface area (TPSA) is 85.3 Å². The molecule has 3 N–H and O–H groups in total. The number of carbonyl (C=O) groups excluding carboxylic acids is 1. The fourth-order valence-corrected chi connectivity index (χ4v) is 3.26. The molecule has 138 valence electrons. The van der Waals surface area contributed by atoms with Crippen LogP contribution in [0.4, 0.5) is 5.82 Å². The molecule has 1 amide bonds. The number of hydrogen-bond acceptors (Lipinski definition) is 4. The van der Waals surface area contributed by atoms with Crippen LogP contribution in [0.3, 0.4) is 0 Å². The molecule has 1 fully saturated rings. The van der Waals surface area contributed by atoms with E-state index >= 15 is 0 Å². The SMILES string of the molecule is Nc1nc(-c2ccccc2)cn2c(-c3ccc(C(=O)NC4CC4)cc3)cnc12. The molecular weight excluding hydrogens is 350 g/mol. The summed E-state index contributed by atoms with van der Waals surface area (Å²) in [4.78, 5) is 21.1. The largest absolute Gasteiger partial charge is 0.381 e. The van der Waals surface area contributed by atoms with Gasteiger partial charge in [0.1, 0.15) is 0 Å². The van der Waals surface area contributed by atoms with Crippen LogP contribution in [-0.4, -0.2) is 26.3 Å². The summed E-state index contributed by atoms with van der Waals surface area (Å²) in [5, 5.41) is 3.01. The zero-order valence-corrected chi connectivity index (χ0v) is 15.2. The number of amides is 1. The number of fused-ring (bicyclic) bond motifs is 1. The fourth-order valence-electron chi connectivity index (χ4n) is 3.26. The molecule has 6 heteroatoms. The van der Waals surface area contributed by atoms with Crippen LogP contribution in [0.1, 0.15) is 23.2 Å². The molecule has 0 aliphatic heterocycles. The van der Waals surface area contributed by atoms with Gasteiger partial charge in [-0.1, -0.05) is 42.5 Å². The average Bonchev–Trinajstić information content (AvgIpc) is 3.44. The molecule has 1 aliphatic rings. The van der Waals surface area contributed by atoms with Crippen molar-refractivity contribution in [3.63, 3.8) is 0 Å². The van der Waals surface area contributed by atoms with E-state index in [0.29, 0.717) is 23.1 Å². The van der Waals surface area contributed by atoms with E-state index in [1.54, 1.807) is 6.20 Å². The second-order valence-electron chi connectivity index (χ2n) is 7.04. The third-order valence-electron chi connectivity index (χ3n) is 4.94. The summed E-state index contributed by atoms with van der Waals surface area (Å²) in [6, 6.07) is 17.8. The van der Waals surface area contributed by atoms with Crippen LogP contribution in [-0.2, 0) is 0 Å². The Morgan fingerprint density at radius 3 is 2.50 bits per heavy atom. The van der Waals surface area contributed by atoms with E-state index in [1.165, 1.54) is 0 Å². The summed E-state index contributed by atoms with van der Waals surface area (Å²) in [5.74, 6) is 0.361. The molecule has 28 heavy (non-hydrogen) atoms. The van der Waals surface area contributed by atoms with Crippen molar-refractivity contribution >= 4 is 17.4 Å². The molecule has 0 atom stereocenters. The molecule has 5 rings (SSSR count). The van der Waals surface area contributed by atoms with E-state index in [4.69, 9.17) is 5.73 Å². The Balaban J connectivity index is 1.53. The first kappa shape index (κ1) is 16.5. The Morgan fingerprint density at radius 2 is 1.79 bits per heavy atom. The summed E-state index contributed by atoms with van der Waals surface area (Å²) in [7, 11) is 0. The van der Waals surface area contributed by atoms with E-state index in [-0.39, 0.29) is 5.91 Å². The van der Waals surface area contributed by atoms with Gasteiger partial charge in [-0.2, -0.15) is 0 Å². The Morgan fingerprint density at radius 1 is 1.04 bits per heavy atom. The number of hydrogen-bond donors (Lipinski definition) is 2. The predicted octanol–water partition coefficient (Wildman–Crippen LogP) is 3.54. The fraction of sp³-hybridized carbons (Fsp3) is 0.136. The zero-order chi connectivity index (χ0) is 19.1. The van der Waals surface area contributed by atoms with Crippen molar-refractivity contribution in [1.29, 1.82) is 0 Å². The summed E-state index contributed by atoms with van der Waals surface area (Å²) >= 11 is 0. The van der Waals surface area contributed by atoms with Gasteiger partial charge in [0, 0.05) is 28.9 Å². The minimum atomic E-state index is -0.0213. The lowest BCUT2D eigenvalue weighted by Crippen LogP contribution is -2.25. The highest BCUT2D eigenvalue weighted by molar-refractivity contribution is 5.95. The van der Waals surface area contributed by atoms with Crippen LogP contribution in [0, 0.1) is 0 Å². The first-order valence-electron chi connectivity index (χ1n) is 9.29. The van der Waals surface area contributed by atoms with Crippen molar-refractivity contribution < 1.29 is 4.79 Å². The van der Waals surface area contributed by atoms with E-state index in [2.05, 4.69) is 15.3 Å². The number of anilines is 1. The second-order valence-corrected chi connectivity index (χ2v) is 7.04.